The molecule has 13 heteroatoms. The molecule has 4 amide bonds. The number of phenolic OH excluding ortho intramolecular Hbond substituents is 1. The molecule has 0 aliphatic rings. The molecule has 2 aromatic carbocycles. The number of hydrogen-bond donors (Lipinski definition) is 7. The molecule has 2 aromatic rings. The van der Waals surface area contributed by atoms with Crippen LogP contribution >= 0.6 is 22.6 Å². The molecular formula is C28H36IN5O7. The number of nitrogens with two attached hydrogens (primary N) is 1. The van der Waals surface area contributed by atoms with Crippen LogP contribution in [0, 0.1) is 9.49 Å². The first-order valence-electron chi connectivity index (χ1n) is 13.0. The van der Waals surface area contributed by atoms with Crippen molar-refractivity contribution < 1.29 is 34.2 Å². The van der Waals surface area contributed by atoms with Crippen molar-refractivity contribution >= 4 is 52.2 Å². The fourth-order valence-electron chi connectivity index (χ4n) is 3.79. The average molecular weight is 682 g/mol. The molecule has 0 radical (unpaired) electrons. The van der Waals surface area contributed by atoms with Gasteiger partial charge in [0.15, 0.2) is 0 Å². The van der Waals surface area contributed by atoms with Gasteiger partial charge >= 0.3 is 5.97 Å². The Bertz CT molecular complexity index is 1210. The minimum atomic E-state index is -1.18. The van der Waals surface area contributed by atoms with E-state index in [4.69, 9.17) is 5.73 Å². The third-order valence-electron chi connectivity index (χ3n) is 5.92. The number of carboxylic acid groups (broad SMARTS) is 1. The fraction of sp³-hybridized carbons (Fsp3) is 0.393. The number of hydrogen-bond acceptors (Lipinski definition) is 7. The molecule has 2 rings (SSSR count). The van der Waals surface area contributed by atoms with Crippen LogP contribution in [0.1, 0.15) is 31.4 Å². The molecule has 0 heterocycles. The Morgan fingerprint density at radius 3 is 1.93 bits per heavy atom. The van der Waals surface area contributed by atoms with Gasteiger partial charge in [0, 0.05) is 9.99 Å². The summed E-state index contributed by atoms with van der Waals surface area (Å²) in [6.07, 6.45) is 0.511. The van der Waals surface area contributed by atoms with E-state index in [1.54, 1.807) is 24.3 Å². The largest absolute Gasteiger partial charge is 0.508 e. The minimum Gasteiger partial charge on any atom is -0.508 e. The predicted molar refractivity (Wildman–Crippen MR) is 160 cm³/mol. The number of amides is 4. The van der Waals surface area contributed by atoms with Crippen molar-refractivity contribution in [2.24, 2.45) is 11.7 Å². The molecule has 0 saturated heterocycles. The summed E-state index contributed by atoms with van der Waals surface area (Å²) >= 11 is 2.14. The highest BCUT2D eigenvalue weighted by molar-refractivity contribution is 14.1. The lowest BCUT2D eigenvalue weighted by atomic mass is 10.0. The summed E-state index contributed by atoms with van der Waals surface area (Å²) in [5, 5.41) is 28.7. The van der Waals surface area contributed by atoms with Gasteiger partial charge < -0.3 is 37.2 Å². The van der Waals surface area contributed by atoms with Gasteiger partial charge in [0.05, 0.1) is 19.1 Å². The Morgan fingerprint density at radius 1 is 0.780 bits per heavy atom. The fourth-order valence-corrected chi connectivity index (χ4v) is 4.15. The molecule has 0 spiro atoms. The number of carbonyl (C=O) groups is 5. The summed E-state index contributed by atoms with van der Waals surface area (Å²) in [5.74, 6) is -3.62. The number of aromatic hydroxyl groups is 1. The van der Waals surface area contributed by atoms with E-state index in [-0.39, 0.29) is 30.9 Å². The Kier molecular flexibility index (Phi) is 13.5. The summed E-state index contributed by atoms with van der Waals surface area (Å²) in [4.78, 5) is 61.8. The first kappa shape index (κ1) is 33.5. The van der Waals surface area contributed by atoms with Crippen molar-refractivity contribution in [3.05, 3.63) is 63.2 Å². The maximum Gasteiger partial charge on any atom is 0.326 e. The summed E-state index contributed by atoms with van der Waals surface area (Å²) < 4.78 is 0.982. The van der Waals surface area contributed by atoms with Crippen LogP contribution < -0.4 is 27.0 Å². The van der Waals surface area contributed by atoms with Crippen LogP contribution in [-0.2, 0) is 36.8 Å². The van der Waals surface area contributed by atoms with Crippen molar-refractivity contribution in [2.45, 2.75) is 51.2 Å². The number of aliphatic carboxylic acids is 1. The second kappa shape index (κ2) is 16.5. The first-order valence-corrected chi connectivity index (χ1v) is 14.1. The molecule has 0 aliphatic carbocycles. The zero-order valence-electron chi connectivity index (χ0n) is 22.9. The van der Waals surface area contributed by atoms with Crippen LogP contribution in [-0.4, -0.2) is 71.0 Å². The molecule has 0 aliphatic heterocycles. The third-order valence-corrected chi connectivity index (χ3v) is 6.64. The second-order valence-electron chi connectivity index (χ2n) is 9.95. The van der Waals surface area contributed by atoms with Crippen LogP contribution in [0.5, 0.6) is 5.75 Å². The number of nitrogens with one attached hydrogen (secondary N) is 4. The highest BCUT2D eigenvalue weighted by atomic mass is 127. The van der Waals surface area contributed by atoms with E-state index in [1.165, 1.54) is 12.1 Å². The number of phenols is 1. The SMILES string of the molecule is CC(C)C[C@H](NC(=O)[C@H](Cc1ccc(I)cc1)NC(=O)CNC(=O)CNC(=O)[C@@H](N)Cc1ccc(O)cc1)C(=O)O. The second-order valence-corrected chi connectivity index (χ2v) is 11.2. The van der Waals surface area contributed by atoms with E-state index in [9.17, 15) is 34.2 Å². The van der Waals surface area contributed by atoms with Gasteiger partial charge in [-0.25, -0.2) is 4.79 Å². The molecule has 0 bridgehead atoms. The van der Waals surface area contributed by atoms with E-state index in [2.05, 4.69) is 43.9 Å². The predicted octanol–water partition coefficient (Wildman–Crippen LogP) is 0.442. The van der Waals surface area contributed by atoms with Gasteiger partial charge in [-0.3, -0.25) is 19.2 Å². The Labute approximate surface area is 252 Å². The Morgan fingerprint density at radius 2 is 1.34 bits per heavy atom. The molecule has 12 nitrogen and oxygen atoms in total. The molecule has 8 N–H and O–H groups in total. The van der Waals surface area contributed by atoms with Crippen LogP contribution in [0.2, 0.25) is 0 Å². The average Bonchev–Trinajstić information content (AvgIpc) is 2.91. The number of halogens is 1. The summed E-state index contributed by atoms with van der Waals surface area (Å²) in [6.45, 7) is 2.78. The quantitative estimate of drug-likeness (QED) is 0.131. The monoisotopic (exact) mass is 681 g/mol. The van der Waals surface area contributed by atoms with Crippen molar-refractivity contribution in [2.75, 3.05) is 13.1 Å². The van der Waals surface area contributed by atoms with Gasteiger partial charge in [-0.05, 0) is 76.7 Å². The smallest absolute Gasteiger partial charge is 0.326 e. The molecule has 0 aromatic heterocycles. The van der Waals surface area contributed by atoms with E-state index in [0.29, 0.717) is 0 Å². The Hall–Kier alpha value is -3.72. The van der Waals surface area contributed by atoms with Crippen LogP contribution in [0.4, 0.5) is 0 Å². The van der Waals surface area contributed by atoms with Crippen molar-refractivity contribution in [1.82, 2.24) is 21.3 Å². The molecule has 3 atom stereocenters. The summed E-state index contributed by atoms with van der Waals surface area (Å²) in [6, 6.07) is 10.4. The zero-order valence-corrected chi connectivity index (χ0v) is 25.0. The van der Waals surface area contributed by atoms with Gasteiger partial charge in [-0.1, -0.05) is 38.1 Å². The van der Waals surface area contributed by atoms with Crippen LogP contribution in [0.15, 0.2) is 48.5 Å². The molecule has 222 valence electrons. The van der Waals surface area contributed by atoms with Gasteiger partial charge in [-0.15, -0.1) is 0 Å². The van der Waals surface area contributed by atoms with Gasteiger partial charge in [0.1, 0.15) is 17.8 Å². The lowest BCUT2D eigenvalue weighted by Crippen LogP contribution is -2.54. The van der Waals surface area contributed by atoms with Gasteiger partial charge in [0.25, 0.3) is 0 Å². The van der Waals surface area contributed by atoms with Gasteiger partial charge in [0.2, 0.25) is 23.6 Å². The number of carbonyl (C=O) groups excluding carboxylic acids is 4. The van der Waals surface area contributed by atoms with Crippen LogP contribution in [0.25, 0.3) is 0 Å². The minimum absolute atomic E-state index is 0.0127. The first-order chi connectivity index (χ1) is 19.3. The van der Waals surface area contributed by atoms with Crippen LogP contribution in [0.3, 0.4) is 0 Å². The topological polar surface area (TPSA) is 200 Å². The van der Waals surface area contributed by atoms with E-state index < -0.39 is 60.8 Å². The lowest BCUT2D eigenvalue weighted by Gasteiger charge is -2.22. The van der Waals surface area contributed by atoms with E-state index >= 15 is 0 Å². The number of carboxylic acids is 1. The highest BCUT2D eigenvalue weighted by Crippen LogP contribution is 2.12. The molecule has 0 fully saturated rings. The maximum atomic E-state index is 13.0. The standard InChI is InChI=1S/C28H36IN5O7/c1-16(2)11-23(28(40)41)34-27(39)22(13-18-3-7-19(29)8-4-18)33-25(37)15-31-24(36)14-32-26(38)21(30)12-17-5-9-20(35)10-6-17/h3-10,16,21-23,35H,11-15,30H2,1-2H3,(H,31,36)(H,32,38)(H,33,37)(H,34,39)(H,40,41)/t21-,22-,23-/m0/s1. The molecule has 41 heavy (non-hydrogen) atoms. The molecule has 0 saturated carbocycles. The van der Waals surface area contributed by atoms with Crippen molar-refractivity contribution in [3.63, 3.8) is 0 Å². The van der Waals surface area contributed by atoms with Crippen molar-refractivity contribution in [3.8, 4) is 5.75 Å². The summed E-state index contributed by atoms with van der Waals surface area (Å²) in [5.41, 5.74) is 7.36. The molecular weight excluding hydrogens is 645 g/mol. The highest BCUT2D eigenvalue weighted by Gasteiger charge is 2.27. The van der Waals surface area contributed by atoms with E-state index in [1.807, 2.05) is 26.0 Å². The van der Waals surface area contributed by atoms with Gasteiger partial charge in [-0.2, -0.15) is 0 Å². The van der Waals surface area contributed by atoms with E-state index in [0.717, 1.165) is 14.7 Å². The third kappa shape index (κ3) is 12.6. The number of rotatable bonds is 15. The lowest BCUT2D eigenvalue weighted by molar-refractivity contribution is -0.142. The number of benzene rings is 2. The normalized spacial score (nSPS) is 13.0. The Balaban J connectivity index is 1.91. The molecule has 0 unspecified atom stereocenters. The zero-order chi connectivity index (χ0) is 30.5. The summed E-state index contributed by atoms with van der Waals surface area (Å²) in [7, 11) is 0. The maximum absolute atomic E-state index is 13.0. The van der Waals surface area contributed by atoms with Crippen molar-refractivity contribution in [1.29, 1.82) is 0 Å².